The molecule has 0 fully saturated rings. The summed E-state index contributed by atoms with van der Waals surface area (Å²) in [5.41, 5.74) is 9.52. The zero-order valence-corrected chi connectivity index (χ0v) is 13.4. The number of aliphatic imine (C=N–C) groups is 1. The predicted molar refractivity (Wildman–Crippen MR) is 93.7 cm³/mol. The van der Waals surface area contributed by atoms with E-state index in [-0.39, 0.29) is 5.91 Å². The molecule has 1 amide bonds. The van der Waals surface area contributed by atoms with Gasteiger partial charge >= 0.3 is 5.63 Å². The number of hydrogen-bond acceptors (Lipinski definition) is 6. The Morgan fingerprint density at radius 2 is 2.21 bits per heavy atom. The number of rotatable bonds is 7. The molecule has 1 atom stereocenters. The van der Waals surface area contributed by atoms with Gasteiger partial charge in [0.25, 0.3) is 0 Å². The molecule has 8 heteroatoms. The van der Waals surface area contributed by atoms with Crippen LogP contribution >= 0.6 is 0 Å². The average molecular weight is 331 g/mol. The van der Waals surface area contributed by atoms with Gasteiger partial charge in [0.1, 0.15) is 5.58 Å². The number of hydrazine groups is 1. The second-order valence-corrected chi connectivity index (χ2v) is 5.40. The summed E-state index contributed by atoms with van der Waals surface area (Å²) >= 11 is 0. The van der Waals surface area contributed by atoms with Crippen LogP contribution in [0.4, 0.5) is 5.69 Å². The maximum Gasteiger partial charge on any atom is 0.336 e. The highest BCUT2D eigenvalue weighted by Gasteiger charge is 2.13. The lowest BCUT2D eigenvalue weighted by atomic mass is 10.1. The highest BCUT2D eigenvalue weighted by Crippen LogP contribution is 2.20. The van der Waals surface area contributed by atoms with Gasteiger partial charge in [-0.15, -0.1) is 0 Å². The molecule has 0 aliphatic rings. The zero-order chi connectivity index (χ0) is 17.5. The van der Waals surface area contributed by atoms with Crippen LogP contribution in [0.1, 0.15) is 18.4 Å². The van der Waals surface area contributed by atoms with E-state index in [4.69, 9.17) is 16.0 Å². The molecule has 0 spiro atoms. The minimum Gasteiger partial charge on any atom is -0.423 e. The van der Waals surface area contributed by atoms with Gasteiger partial charge in [-0.3, -0.25) is 9.79 Å². The topological polar surface area (TPSA) is 136 Å². The van der Waals surface area contributed by atoms with Crippen molar-refractivity contribution in [2.45, 2.75) is 25.8 Å². The summed E-state index contributed by atoms with van der Waals surface area (Å²) in [5, 5.41) is 3.55. The summed E-state index contributed by atoms with van der Waals surface area (Å²) in [6, 6.07) is 5.94. The highest BCUT2D eigenvalue weighted by atomic mass is 16.4. The molecule has 0 bridgehead atoms. The van der Waals surface area contributed by atoms with E-state index in [2.05, 4.69) is 15.7 Å². The van der Waals surface area contributed by atoms with E-state index in [0.29, 0.717) is 30.7 Å². The lowest BCUT2D eigenvalue weighted by molar-refractivity contribution is -0.117. The van der Waals surface area contributed by atoms with Crippen molar-refractivity contribution in [2.75, 3.05) is 11.9 Å². The first kappa shape index (κ1) is 17.6. The predicted octanol–water partition coefficient (Wildman–Crippen LogP) is 0.639. The van der Waals surface area contributed by atoms with Crippen LogP contribution < -0.4 is 27.9 Å². The SMILES string of the molecule is Cc1cc(=O)oc2cc(NC(=O)[C@@H](N)CCCN=CNN)ccc12. The maximum absolute atomic E-state index is 12.1. The zero-order valence-electron chi connectivity index (χ0n) is 13.4. The number of carbonyl (C=O) groups is 1. The number of nitrogens with one attached hydrogen (secondary N) is 2. The minimum atomic E-state index is -0.647. The summed E-state index contributed by atoms with van der Waals surface area (Å²) in [6.07, 6.45) is 2.55. The second kappa shape index (κ2) is 8.23. The van der Waals surface area contributed by atoms with Crippen LogP contribution in [0.2, 0.25) is 0 Å². The van der Waals surface area contributed by atoms with Gasteiger partial charge in [-0.1, -0.05) is 0 Å². The Kier molecular flexibility index (Phi) is 6.05. The van der Waals surface area contributed by atoms with Crippen LogP contribution in [0.25, 0.3) is 11.0 Å². The van der Waals surface area contributed by atoms with Crippen molar-refractivity contribution in [3.05, 3.63) is 40.2 Å². The molecule has 1 aromatic heterocycles. The van der Waals surface area contributed by atoms with Gasteiger partial charge in [-0.05, 0) is 37.5 Å². The van der Waals surface area contributed by atoms with Crippen molar-refractivity contribution in [3.63, 3.8) is 0 Å². The number of aryl methyl sites for hydroxylation is 1. The lowest BCUT2D eigenvalue weighted by Gasteiger charge is -2.12. The Labute approximate surface area is 138 Å². The first-order chi connectivity index (χ1) is 11.5. The van der Waals surface area contributed by atoms with Gasteiger partial charge in [0.05, 0.1) is 12.4 Å². The van der Waals surface area contributed by atoms with E-state index >= 15 is 0 Å². The fraction of sp³-hybridized carbons (Fsp3) is 0.312. The van der Waals surface area contributed by atoms with Gasteiger partial charge in [0.2, 0.25) is 5.91 Å². The Hall–Kier alpha value is -2.71. The molecule has 0 unspecified atom stereocenters. The highest BCUT2D eigenvalue weighted by molar-refractivity contribution is 5.96. The molecule has 1 heterocycles. The summed E-state index contributed by atoms with van der Waals surface area (Å²) < 4.78 is 5.16. The first-order valence-electron chi connectivity index (χ1n) is 7.56. The van der Waals surface area contributed by atoms with Gasteiger partial charge in [-0.2, -0.15) is 0 Å². The van der Waals surface area contributed by atoms with E-state index in [1.165, 1.54) is 12.4 Å². The number of nitrogens with zero attached hydrogens (tertiary/aromatic N) is 1. The molecular weight excluding hydrogens is 310 g/mol. The van der Waals surface area contributed by atoms with Crippen LogP contribution in [-0.2, 0) is 4.79 Å². The maximum atomic E-state index is 12.1. The number of amides is 1. The Morgan fingerprint density at radius 3 is 2.96 bits per heavy atom. The number of carbonyl (C=O) groups excluding carboxylic acids is 1. The minimum absolute atomic E-state index is 0.301. The van der Waals surface area contributed by atoms with E-state index in [9.17, 15) is 9.59 Å². The van der Waals surface area contributed by atoms with E-state index in [1.54, 1.807) is 18.2 Å². The van der Waals surface area contributed by atoms with Crippen molar-refractivity contribution >= 4 is 28.9 Å². The van der Waals surface area contributed by atoms with Crippen molar-refractivity contribution in [3.8, 4) is 0 Å². The van der Waals surface area contributed by atoms with Crippen LogP contribution in [0.5, 0.6) is 0 Å². The van der Waals surface area contributed by atoms with Crippen molar-refractivity contribution < 1.29 is 9.21 Å². The molecule has 8 nitrogen and oxygen atoms in total. The van der Waals surface area contributed by atoms with E-state index in [0.717, 1.165) is 10.9 Å². The lowest BCUT2D eigenvalue weighted by Crippen LogP contribution is -2.35. The van der Waals surface area contributed by atoms with Gasteiger partial charge < -0.3 is 20.9 Å². The number of benzene rings is 1. The Morgan fingerprint density at radius 1 is 1.42 bits per heavy atom. The third kappa shape index (κ3) is 4.64. The van der Waals surface area contributed by atoms with Gasteiger partial charge in [0, 0.05) is 29.8 Å². The normalized spacial score (nSPS) is 12.5. The number of hydrogen-bond donors (Lipinski definition) is 4. The number of nitrogens with two attached hydrogens (primary N) is 2. The molecule has 0 radical (unpaired) electrons. The molecule has 1 aromatic carbocycles. The van der Waals surface area contributed by atoms with Crippen LogP contribution in [0.15, 0.2) is 38.5 Å². The second-order valence-electron chi connectivity index (χ2n) is 5.40. The fourth-order valence-electron chi connectivity index (χ4n) is 2.29. The van der Waals surface area contributed by atoms with Crippen molar-refractivity contribution in [2.24, 2.45) is 16.6 Å². The van der Waals surface area contributed by atoms with Crippen molar-refractivity contribution in [1.82, 2.24) is 5.43 Å². The number of fused-ring (bicyclic) bond motifs is 1. The molecule has 0 aliphatic heterocycles. The molecule has 2 aromatic rings. The van der Waals surface area contributed by atoms with Gasteiger partial charge in [-0.25, -0.2) is 10.6 Å². The third-order valence-corrected chi connectivity index (χ3v) is 3.52. The van der Waals surface area contributed by atoms with Crippen LogP contribution in [0.3, 0.4) is 0 Å². The number of anilines is 1. The molecule has 0 saturated carbocycles. The summed E-state index contributed by atoms with van der Waals surface area (Å²) in [5.74, 6) is 4.75. The summed E-state index contributed by atoms with van der Waals surface area (Å²) in [6.45, 7) is 2.36. The van der Waals surface area contributed by atoms with Crippen LogP contribution in [-0.4, -0.2) is 24.8 Å². The monoisotopic (exact) mass is 331 g/mol. The average Bonchev–Trinajstić information content (AvgIpc) is 2.53. The molecular formula is C16H21N5O3. The Balaban J connectivity index is 1.99. The largest absolute Gasteiger partial charge is 0.423 e. The van der Waals surface area contributed by atoms with Gasteiger partial charge in [0.15, 0.2) is 0 Å². The third-order valence-electron chi connectivity index (χ3n) is 3.52. The van der Waals surface area contributed by atoms with E-state index in [1.807, 2.05) is 6.92 Å². The quantitative estimate of drug-likeness (QED) is 0.147. The smallest absolute Gasteiger partial charge is 0.336 e. The Bertz CT molecular complexity index is 800. The molecule has 6 N–H and O–H groups in total. The molecule has 24 heavy (non-hydrogen) atoms. The van der Waals surface area contributed by atoms with Crippen LogP contribution in [0, 0.1) is 6.92 Å². The molecule has 128 valence electrons. The first-order valence-corrected chi connectivity index (χ1v) is 7.56. The van der Waals surface area contributed by atoms with E-state index < -0.39 is 11.7 Å². The molecule has 0 aliphatic carbocycles. The molecule has 0 saturated heterocycles. The van der Waals surface area contributed by atoms with Crippen molar-refractivity contribution in [1.29, 1.82) is 0 Å². The molecule has 2 rings (SSSR count). The summed E-state index contributed by atoms with van der Waals surface area (Å²) in [7, 11) is 0. The fourth-order valence-corrected chi connectivity index (χ4v) is 2.29. The summed E-state index contributed by atoms with van der Waals surface area (Å²) in [4.78, 5) is 27.5. The standard InChI is InChI=1S/C16H21N5O3/c1-10-7-15(22)24-14-8-11(4-5-12(10)14)21-16(23)13(17)3-2-6-19-9-20-18/h4-5,7-9,13H,2-3,6,17-18H2,1H3,(H,19,20)(H,21,23)/t13-/m0/s1.